The van der Waals surface area contributed by atoms with Gasteiger partial charge in [-0.15, -0.1) is 11.3 Å². The third-order valence-corrected chi connectivity index (χ3v) is 4.60. The van der Waals surface area contributed by atoms with Crippen LogP contribution in [0.25, 0.3) is 11.3 Å². The second-order valence-electron chi connectivity index (χ2n) is 5.51. The van der Waals surface area contributed by atoms with Crippen LogP contribution in [-0.2, 0) is 0 Å². The molecule has 0 N–H and O–H groups in total. The van der Waals surface area contributed by atoms with Gasteiger partial charge >= 0.3 is 0 Å². The highest BCUT2D eigenvalue weighted by atomic mass is 32.1. The summed E-state index contributed by atoms with van der Waals surface area (Å²) in [6.07, 6.45) is 4.67. The van der Waals surface area contributed by atoms with Gasteiger partial charge in [0.15, 0.2) is 5.13 Å². The third kappa shape index (κ3) is 4.76. The van der Waals surface area contributed by atoms with Crippen LogP contribution < -0.4 is 4.90 Å². The van der Waals surface area contributed by atoms with Gasteiger partial charge in [-0.1, -0.05) is 26.7 Å². The summed E-state index contributed by atoms with van der Waals surface area (Å²) in [5.74, 6) is 0. The number of benzene rings is 1. The van der Waals surface area contributed by atoms with E-state index in [9.17, 15) is 10.1 Å². The number of thiazole rings is 1. The third-order valence-electron chi connectivity index (χ3n) is 3.70. The van der Waals surface area contributed by atoms with Crippen molar-refractivity contribution in [2.45, 2.75) is 39.5 Å². The Morgan fingerprint density at radius 3 is 2.26 bits per heavy atom. The van der Waals surface area contributed by atoms with Crippen LogP contribution in [0.2, 0.25) is 0 Å². The van der Waals surface area contributed by atoms with E-state index in [4.69, 9.17) is 4.98 Å². The number of hydrogen-bond acceptors (Lipinski definition) is 5. The lowest BCUT2D eigenvalue weighted by Crippen LogP contribution is -2.25. The summed E-state index contributed by atoms with van der Waals surface area (Å²) in [6.45, 7) is 6.46. The van der Waals surface area contributed by atoms with Crippen molar-refractivity contribution < 1.29 is 4.92 Å². The minimum absolute atomic E-state index is 0.108. The van der Waals surface area contributed by atoms with E-state index in [0.29, 0.717) is 0 Å². The summed E-state index contributed by atoms with van der Waals surface area (Å²) in [5.41, 5.74) is 1.92. The Morgan fingerprint density at radius 1 is 1.13 bits per heavy atom. The highest BCUT2D eigenvalue weighted by Crippen LogP contribution is 2.29. The molecule has 0 aliphatic rings. The standard InChI is InChI=1S/C17H23N3O2S/c1-3-5-11-19(12-6-4-2)17-18-16(13-23-17)14-7-9-15(10-8-14)20(21)22/h7-10,13H,3-6,11-12H2,1-2H3. The molecule has 0 aliphatic carbocycles. The molecule has 5 nitrogen and oxygen atoms in total. The fourth-order valence-electron chi connectivity index (χ4n) is 2.30. The molecule has 0 amide bonds. The first-order valence-corrected chi connectivity index (χ1v) is 8.99. The van der Waals surface area contributed by atoms with Crippen LogP contribution in [0.15, 0.2) is 29.6 Å². The SMILES string of the molecule is CCCCN(CCCC)c1nc(-c2ccc([N+](=O)[O-])cc2)cs1. The maximum atomic E-state index is 10.7. The van der Waals surface area contributed by atoms with Crippen molar-refractivity contribution in [1.29, 1.82) is 0 Å². The van der Waals surface area contributed by atoms with E-state index in [1.165, 1.54) is 25.0 Å². The summed E-state index contributed by atoms with van der Waals surface area (Å²) in [4.78, 5) is 17.4. The van der Waals surface area contributed by atoms with E-state index in [0.717, 1.165) is 42.3 Å². The Balaban J connectivity index is 2.14. The highest BCUT2D eigenvalue weighted by molar-refractivity contribution is 7.14. The van der Waals surface area contributed by atoms with Gasteiger partial charge in [-0.2, -0.15) is 0 Å². The Hall–Kier alpha value is -1.95. The molecule has 0 atom stereocenters. The molecule has 6 heteroatoms. The van der Waals surface area contributed by atoms with E-state index < -0.39 is 0 Å². The van der Waals surface area contributed by atoms with Crippen LogP contribution in [0.3, 0.4) is 0 Å². The van der Waals surface area contributed by atoms with Gasteiger partial charge in [0.1, 0.15) is 0 Å². The largest absolute Gasteiger partial charge is 0.348 e. The summed E-state index contributed by atoms with van der Waals surface area (Å²) in [7, 11) is 0. The van der Waals surface area contributed by atoms with Gasteiger partial charge in [0.2, 0.25) is 0 Å². The van der Waals surface area contributed by atoms with Crippen LogP contribution in [-0.4, -0.2) is 23.0 Å². The second kappa shape index (κ2) is 8.62. The first kappa shape index (κ1) is 17.4. The summed E-state index contributed by atoms with van der Waals surface area (Å²) in [6, 6.07) is 6.58. The number of anilines is 1. The van der Waals surface area contributed by atoms with Gasteiger partial charge in [-0.3, -0.25) is 10.1 Å². The second-order valence-corrected chi connectivity index (χ2v) is 6.35. The van der Waals surface area contributed by atoms with Gasteiger partial charge in [0, 0.05) is 36.2 Å². The molecule has 0 saturated carbocycles. The number of unbranched alkanes of at least 4 members (excludes halogenated alkanes) is 2. The number of non-ortho nitro benzene ring substituents is 1. The lowest BCUT2D eigenvalue weighted by molar-refractivity contribution is -0.384. The Labute approximate surface area is 141 Å². The van der Waals surface area contributed by atoms with E-state index in [1.807, 2.05) is 5.38 Å². The maximum Gasteiger partial charge on any atom is 0.269 e. The van der Waals surface area contributed by atoms with E-state index >= 15 is 0 Å². The van der Waals surface area contributed by atoms with E-state index in [-0.39, 0.29) is 10.6 Å². The van der Waals surface area contributed by atoms with Crippen molar-refractivity contribution in [2.75, 3.05) is 18.0 Å². The molecule has 1 aromatic heterocycles. The fourth-order valence-corrected chi connectivity index (χ4v) is 3.19. The zero-order chi connectivity index (χ0) is 16.7. The quantitative estimate of drug-likeness (QED) is 0.472. The van der Waals surface area contributed by atoms with Crippen molar-refractivity contribution in [3.05, 3.63) is 39.8 Å². The van der Waals surface area contributed by atoms with Crippen LogP contribution in [0.5, 0.6) is 0 Å². The number of nitro groups is 1. The van der Waals surface area contributed by atoms with Gasteiger partial charge < -0.3 is 4.90 Å². The Kier molecular flexibility index (Phi) is 6.52. The minimum atomic E-state index is -0.381. The van der Waals surface area contributed by atoms with Crippen LogP contribution in [0.1, 0.15) is 39.5 Å². The first-order valence-electron chi connectivity index (χ1n) is 8.11. The lowest BCUT2D eigenvalue weighted by Gasteiger charge is -2.21. The zero-order valence-corrected chi connectivity index (χ0v) is 14.5. The van der Waals surface area contributed by atoms with Crippen LogP contribution in [0.4, 0.5) is 10.8 Å². The molecule has 2 aromatic rings. The molecule has 0 unspecified atom stereocenters. The average Bonchev–Trinajstić information content (AvgIpc) is 3.05. The Bertz CT molecular complexity index is 617. The molecular formula is C17H23N3O2S. The fraction of sp³-hybridized carbons (Fsp3) is 0.471. The maximum absolute atomic E-state index is 10.7. The molecule has 0 saturated heterocycles. The van der Waals surface area contributed by atoms with Gasteiger partial charge in [0.05, 0.1) is 10.6 Å². The molecule has 0 bridgehead atoms. The number of nitro benzene ring substituents is 1. The number of hydrogen-bond donors (Lipinski definition) is 0. The van der Waals surface area contributed by atoms with E-state index in [2.05, 4.69) is 18.7 Å². The summed E-state index contributed by atoms with van der Waals surface area (Å²) < 4.78 is 0. The smallest absolute Gasteiger partial charge is 0.269 e. The van der Waals surface area contributed by atoms with Crippen molar-refractivity contribution >= 4 is 22.2 Å². The van der Waals surface area contributed by atoms with Crippen molar-refractivity contribution in [3.63, 3.8) is 0 Å². The summed E-state index contributed by atoms with van der Waals surface area (Å²) in [5, 5.41) is 13.8. The molecule has 124 valence electrons. The molecule has 0 fully saturated rings. The van der Waals surface area contributed by atoms with Crippen LogP contribution >= 0.6 is 11.3 Å². The molecule has 2 rings (SSSR count). The monoisotopic (exact) mass is 333 g/mol. The predicted octanol–water partition coefficient (Wildman–Crippen LogP) is 5.12. The van der Waals surface area contributed by atoms with Crippen LogP contribution in [0, 0.1) is 10.1 Å². The Morgan fingerprint density at radius 2 is 1.74 bits per heavy atom. The predicted molar refractivity (Wildman–Crippen MR) is 96.2 cm³/mol. The number of nitrogens with zero attached hydrogens (tertiary/aromatic N) is 3. The molecule has 1 heterocycles. The van der Waals surface area contributed by atoms with E-state index in [1.54, 1.807) is 23.5 Å². The van der Waals surface area contributed by atoms with Crippen molar-refractivity contribution in [3.8, 4) is 11.3 Å². The lowest BCUT2D eigenvalue weighted by atomic mass is 10.1. The molecule has 1 aromatic carbocycles. The highest BCUT2D eigenvalue weighted by Gasteiger charge is 2.12. The number of aromatic nitrogens is 1. The molecule has 0 aliphatic heterocycles. The van der Waals surface area contributed by atoms with Crippen molar-refractivity contribution in [1.82, 2.24) is 4.98 Å². The minimum Gasteiger partial charge on any atom is -0.348 e. The molecule has 23 heavy (non-hydrogen) atoms. The zero-order valence-electron chi connectivity index (χ0n) is 13.7. The normalized spacial score (nSPS) is 10.7. The summed E-state index contributed by atoms with van der Waals surface area (Å²) >= 11 is 1.64. The van der Waals surface area contributed by atoms with Gasteiger partial charge in [-0.25, -0.2) is 4.98 Å². The number of rotatable bonds is 9. The van der Waals surface area contributed by atoms with Gasteiger partial charge in [-0.05, 0) is 25.0 Å². The first-order chi connectivity index (χ1) is 11.2. The molecular weight excluding hydrogens is 310 g/mol. The van der Waals surface area contributed by atoms with Gasteiger partial charge in [0.25, 0.3) is 5.69 Å². The van der Waals surface area contributed by atoms with Crippen molar-refractivity contribution in [2.24, 2.45) is 0 Å². The molecule has 0 spiro atoms. The topological polar surface area (TPSA) is 59.3 Å². The average molecular weight is 333 g/mol. The molecule has 0 radical (unpaired) electrons.